The van der Waals surface area contributed by atoms with Crippen LogP contribution >= 0.6 is 0 Å². The van der Waals surface area contributed by atoms with Gasteiger partial charge in [-0.3, -0.25) is 9.69 Å². The van der Waals surface area contributed by atoms with Crippen molar-refractivity contribution in [2.24, 2.45) is 5.92 Å². The van der Waals surface area contributed by atoms with Gasteiger partial charge in [-0.05, 0) is 63.0 Å². The number of hydrogen-bond donors (Lipinski definition) is 2. The molecule has 1 amide bonds. The van der Waals surface area contributed by atoms with Crippen LogP contribution in [0.4, 0.5) is 4.39 Å². The highest BCUT2D eigenvalue weighted by Gasteiger charge is 2.36. The van der Waals surface area contributed by atoms with Crippen LogP contribution in [0.1, 0.15) is 30.9 Å². The number of ether oxygens (including phenoxy) is 1. The fraction of sp³-hybridized carbons (Fsp3) is 0.650. The number of benzene rings is 1. The molecule has 0 bridgehead atoms. The van der Waals surface area contributed by atoms with Crippen LogP contribution in [0.5, 0.6) is 5.75 Å². The zero-order valence-electron chi connectivity index (χ0n) is 16.2. The van der Waals surface area contributed by atoms with E-state index in [0.29, 0.717) is 24.9 Å². The van der Waals surface area contributed by atoms with Gasteiger partial charge in [0.15, 0.2) is 11.6 Å². The summed E-state index contributed by atoms with van der Waals surface area (Å²) in [7, 11) is 3.53. The van der Waals surface area contributed by atoms with E-state index in [9.17, 15) is 14.3 Å². The Labute approximate surface area is 160 Å². The van der Waals surface area contributed by atoms with Gasteiger partial charge in [0.1, 0.15) is 0 Å². The standard InChI is InChI=1S/C20H30FN3O3/c1-23-6-3-7-24(9-8-23)13-19(26)22-20(15-10-16(25)11-15)14-4-5-18(27-2)17(21)12-14/h4-5,12,15-16,20,25H,3,6-11,13H2,1-2H3,(H,22,26)/t15?,16?,20-/m1/s1. The van der Waals surface area contributed by atoms with Crippen molar-refractivity contribution < 1.29 is 19.0 Å². The number of methoxy groups -OCH3 is 1. The summed E-state index contributed by atoms with van der Waals surface area (Å²) in [5.41, 5.74) is 0.717. The van der Waals surface area contributed by atoms with Gasteiger partial charge in [-0.1, -0.05) is 6.07 Å². The van der Waals surface area contributed by atoms with E-state index in [0.717, 1.165) is 32.6 Å². The van der Waals surface area contributed by atoms with E-state index >= 15 is 0 Å². The fourth-order valence-electron chi connectivity index (χ4n) is 3.93. The number of nitrogens with zero attached hydrogens (tertiary/aromatic N) is 2. The van der Waals surface area contributed by atoms with Crippen LogP contribution in [0.25, 0.3) is 0 Å². The molecule has 1 saturated heterocycles. The second kappa shape index (κ2) is 8.99. The van der Waals surface area contributed by atoms with E-state index in [-0.39, 0.29) is 29.7 Å². The molecule has 150 valence electrons. The highest BCUT2D eigenvalue weighted by atomic mass is 19.1. The average Bonchev–Trinajstić information content (AvgIpc) is 2.81. The minimum Gasteiger partial charge on any atom is -0.494 e. The summed E-state index contributed by atoms with van der Waals surface area (Å²) in [5.74, 6) is -0.190. The lowest BCUT2D eigenvalue weighted by Gasteiger charge is -2.38. The Morgan fingerprint density at radius 2 is 2.11 bits per heavy atom. The average molecular weight is 379 g/mol. The molecule has 2 fully saturated rings. The smallest absolute Gasteiger partial charge is 0.234 e. The third-order valence-corrected chi connectivity index (χ3v) is 5.65. The zero-order chi connectivity index (χ0) is 19.4. The van der Waals surface area contributed by atoms with Crippen molar-refractivity contribution >= 4 is 5.91 Å². The van der Waals surface area contributed by atoms with Gasteiger partial charge in [0.05, 0.1) is 25.8 Å². The molecular weight excluding hydrogens is 349 g/mol. The predicted molar refractivity (Wildman–Crippen MR) is 101 cm³/mol. The number of hydrogen-bond acceptors (Lipinski definition) is 5. The first-order valence-electron chi connectivity index (χ1n) is 9.68. The molecule has 7 heteroatoms. The summed E-state index contributed by atoms with van der Waals surface area (Å²) < 4.78 is 19.2. The van der Waals surface area contributed by atoms with Gasteiger partial charge < -0.3 is 20.1 Å². The minimum absolute atomic E-state index is 0.0535. The molecule has 1 aliphatic heterocycles. The number of nitrogens with one attached hydrogen (secondary N) is 1. The third kappa shape index (κ3) is 5.18. The van der Waals surface area contributed by atoms with E-state index < -0.39 is 5.82 Å². The number of aliphatic hydroxyl groups excluding tert-OH is 1. The predicted octanol–water partition coefficient (Wildman–Crippen LogP) is 1.40. The molecule has 2 aliphatic rings. The van der Waals surface area contributed by atoms with E-state index in [1.54, 1.807) is 12.1 Å². The van der Waals surface area contributed by atoms with Crippen molar-refractivity contribution in [2.75, 3.05) is 46.9 Å². The third-order valence-electron chi connectivity index (χ3n) is 5.65. The van der Waals surface area contributed by atoms with Crippen LogP contribution in [0, 0.1) is 11.7 Å². The molecule has 1 aromatic rings. The van der Waals surface area contributed by atoms with Gasteiger partial charge in [0.25, 0.3) is 0 Å². The van der Waals surface area contributed by atoms with Crippen LogP contribution in [-0.4, -0.2) is 73.8 Å². The van der Waals surface area contributed by atoms with Crippen molar-refractivity contribution in [1.29, 1.82) is 0 Å². The lowest BCUT2D eigenvalue weighted by molar-refractivity contribution is -0.124. The van der Waals surface area contributed by atoms with Crippen molar-refractivity contribution in [3.63, 3.8) is 0 Å². The Morgan fingerprint density at radius 3 is 2.78 bits per heavy atom. The number of amides is 1. The highest BCUT2D eigenvalue weighted by Crippen LogP contribution is 2.38. The first kappa shape index (κ1) is 20.0. The molecule has 6 nitrogen and oxygen atoms in total. The molecule has 1 saturated carbocycles. The first-order valence-corrected chi connectivity index (χ1v) is 9.68. The molecule has 27 heavy (non-hydrogen) atoms. The SMILES string of the molecule is COc1ccc([C@@H](NC(=O)CN2CCCN(C)CC2)C2CC(O)C2)cc1F. The van der Waals surface area contributed by atoms with Crippen LogP contribution in [-0.2, 0) is 4.79 Å². The molecular formula is C20H30FN3O3. The van der Waals surface area contributed by atoms with E-state index in [1.165, 1.54) is 13.2 Å². The van der Waals surface area contributed by atoms with Gasteiger partial charge in [-0.2, -0.15) is 0 Å². The number of carbonyl (C=O) groups is 1. The van der Waals surface area contributed by atoms with Gasteiger partial charge in [-0.15, -0.1) is 0 Å². The molecule has 2 N–H and O–H groups in total. The van der Waals surface area contributed by atoms with E-state index in [2.05, 4.69) is 22.2 Å². The van der Waals surface area contributed by atoms with Crippen LogP contribution < -0.4 is 10.1 Å². The molecule has 0 unspecified atom stereocenters. The Hall–Kier alpha value is -1.70. The summed E-state index contributed by atoms with van der Waals surface area (Å²) in [6.07, 6.45) is 1.95. The van der Waals surface area contributed by atoms with Gasteiger partial charge >= 0.3 is 0 Å². The molecule has 1 aliphatic carbocycles. The van der Waals surface area contributed by atoms with Crippen LogP contribution in [0.15, 0.2) is 18.2 Å². The van der Waals surface area contributed by atoms with E-state index in [1.807, 2.05) is 0 Å². The molecule has 1 aromatic carbocycles. The maximum atomic E-state index is 14.2. The molecule has 3 rings (SSSR count). The number of carbonyl (C=O) groups excluding carboxylic acids is 1. The molecule has 0 spiro atoms. The van der Waals surface area contributed by atoms with Crippen LogP contribution in [0.3, 0.4) is 0 Å². The number of likely N-dealkylation sites (N-methyl/N-ethyl adjacent to an activating group) is 1. The molecule has 0 aromatic heterocycles. The maximum Gasteiger partial charge on any atom is 0.234 e. The number of halogens is 1. The van der Waals surface area contributed by atoms with Crippen molar-refractivity contribution in [3.8, 4) is 5.75 Å². The van der Waals surface area contributed by atoms with E-state index in [4.69, 9.17) is 4.74 Å². The second-order valence-corrected chi connectivity index (χ2v) is 7.76. The molecule has 0 radical (unpaired) electrons. The summed E-state index contributed by atoms with van der Waals surface area (Å²) in [4.78, 5) is 17.1. The lowest BCUT2D eigenvalue weighted by atomic mass is 9.75. The van der Waals surface area contributed by atoms with Crippen molar-refractivity contribution in [2.45, 2.75) is 31.4 Å². The summed E-state index contributed by atoms with van der Waals surface area (Å²) in [5, 5.41) is 12.8. The molecule has 1 heterocycles. The molecule has 1 atom stereocenters. The van der Waals surface area contributed by atoms with Gasteiger partial charge in [-0.25, -0.2) is 4.39 Å². The lowest BCUT2D eigenvalue weighted by Crippen LogP contribution is -2.45. The Kier molecular flexibility index (Phi) is 6.68. The largest absolute Gasteiger partial charge is 0.494 e. The quantitative estimate of drug-likeness (QED) is 0.782. The number of aliphatic hydroxyl groups is 1. The zero-order valence-corrected chi connectivity index (χ0v) is 16.2. The van der Waals surface area contributed by atoms with Crippen LogP contribution in [0.2, 0.25) is 0 Å². The summed E-state index contributed by atoms with van der Waals surface area (Å²) in [6, 6.07) is 4.51. The number of rotatable bonds is 6. The monoisotopic (exact) mass is 379 g/mol. The maximum absolute atomic E-state index is 14.2. The second-order valence-electron chi connectivity index (χ2n) is 7.76. The Bertz CT molecular complexity index is 651. The Morgan fingerprint density at radius 1 is 1.33 bits per heavy atom. The Balaban J connectivity index is 1.66. The fourth-order valence-corrected chi connectivity index (χ4v) is 3.93. The highest BCUT2D eigenvalue weighted by molar-refractivity contribution is 5.78. The van der Waals surface area contributed by atoms with Gasteiger partial charge in [0.2, 0.25) is 5.91 Å². The van der Waals surface area contributed by atoms with Crippen molar-refractivity contribution in [1.82, 2.24) is 15.1 Å². The topological polar surface area (TPSA) is 65.0 Å². The van der Waals surface area contributed by atoms with Crippen molar-refractivity contribution in [3.05, 3.63) is 29.6 Å². The summed E-state index contributed by atoms with van der Waals surface area (Å²) >= 11 is 0. The van der Waals surface area contributed by atoms with Gasteiger partial charge in [0, 0.05) is 13.1 Å². The normalized spacial score (nSPS) is 25.3. The first-order chi connectivity index (χ1) is 13.0. The summed E-state index contributed by atoms with van der Waals surface area (Å²) in [6.45, 7) is 4.12. The minimum atomic E-state index is -0.440.